The van der Waals surface area contributed by atoms with E-state index in [1.54, 1.807) is 0 Å². The summed E-state index contributed by atoms with van der Waals surface area (Å²) in [7, 11) is 1.42. The van der Waals surface area contributed by atoms with Gasteiger partial charge in [-0.3, -0.25) is 0 Å². The molecular weight excluding hydrogens is 156 g/mol. The molecule has 68 valence electrons. The maximum absolute atomic E-state index is 11.2. The fourth-order valence-corrected chi connectivity index (χ4v) is 1.76. The second kappa shape index (κ2) is 2.73. The molecule has 3 nitrogen and oxygen atoms in total. The molecule has 1 heterocycles. The lowest BCUT2D eigenvalue weighted by Crippen LogP contribution is -2.30. The molecule has 2 fully saturated rings. The SMILES string of the molecule is COC(=O)C1(CC2CCC2)CO1. The molecule has 0 aromatic rings. The van der Waals surface area contributed by atoms with Gasteiger partial charge in [-0.2, -0.15) is 0 Å². The zero-order chi connectivity index (χ0) is 8.60. The lowest BCUT2D eigenvalue weighted by molar-refractivity contribution is -0.147. The topological polar surface area (TPSA) is 38.8 Å². The molecule has 12 heavy (non-hydrogen) atoms. The first-order valence-electron chi connectivity index (χ1n) is 4.49. The Hall–Kier alpha value is -0.570. The summed E-state index contributed by atoms with van der Waals surface area (Å²) in [6, 6.07) is 0. The molecule has 0 N–H and O–H groups in total. The van der Waals surface area contributed by atoms with Crippen LogP contribution in [0.4, 0.5) is 0 Å². The lowest BCUT2D eigenvalue weighted by atomic mass is 9.79. The van der Waals surface area contributed by atoms with Crippen LogP contribution in [-0.4, -0.2) is 25.3 Å². The monoisotopic (exact) mass is 170 g/mol. The van der Waals surface area contributed by atoms with Gasteiger partial charge in [0.05, 0.1) is 13.7 Å². The molecule has 1 unspecified atom stereocenters. The number of esters is 1. The predicted octanol–water partition coefficient (Wildman–Crippen LogP) is 1.12. The van der Waals surface area contributed by atoms with Crippen LogP contribution in [-0.2, 0) is 14.3 Å². The van der Waals surface area contributed by atoms with Gasteiger partial charge in [0.25, 0.3) is 0 Å². The van der Waals surface area contributed by atoms with E-state index in [0.29, 0.717) is 12.5 Å². The first-order valence-corrected chi connectivity index (χ1v) is 4.49. The molecule has 0 amide bonds. The van der Waals surface area contributed by atoms with Crippen molar-refractivity contribution in [1.82, 2.24) is 0 Å². The lowest BCUT2D eigenvalue weighted by Gasteiger charge is -2.26. The van der Waals surface area contributed by atoms with Crippen LogP contribution < -0.4 is 0 Å². The van der Waals surface area contributed by atoms with Crippen LogP contribution >= 0.6 is 0 Å². The molecule has 1 saturated heterocycles. The largest absolute Gasteiger partial charge is 0.467 e. The Balaban J connectivity index is 1.88. The summed E-state index contributed by atoms with van der Waals surface area (Å²) in [5, 5.41) is 0. The number of methoxy groups -OCH3 is 1. The Morgan fingerprint density at radius 2 is 2.33 bits per heavy atom. The van der Waals surface area contributed by atoms with Gasteiger partial charge in [-0.05, 0) is 12.3 Å². The van der Waals surface area contributed by atoms with Crippen LogP contribution in [0, 0.1) is 5.92 Å². The van der Waals surface area contributed by atoms with Gasteiger partial charge in [-0.25, -0.2) is 4.79 Å². The summed E-state index contributed by atoms with van der Waals surface area (Å²) < 4.78 is 9.86. The highest BCUT2D eigenvalue weighted by molar-refractivity contribution is 5.82. The average molecular weight is 170 g/mol. The molecule has 2 rings (SSSR count). The van der Waals surface area contributed by atoms with Crippen molar-refractivity contribution in [3.63, 3.8) is 0 Å². The van der Waals surface area contributed by atoms with Gasteiger partial charge in [0.1, 0.15) is 0 Å². The average Bonchev–Trinajstić information content (AvgIpc) is 2.77. The van der Waals surface area contributed by atoms with Gasteiger partial charge in [-0.1, -0.05) is 19.3 Å². The van der Waals surface area contributed by atoms with E-state index in [4.69, 9.17) is 4.74 Å². The third kappa shape index (κ3) is 1.22. The van der Waals surface area contributed by atoms with Gasteiger partial charge >= 0.3 is 5.97 Å². The Bertz CT molecular complexity index is 192. The molecule has 0 aromatic carbocycles. The van der Waals surface area contributed by atoms with E-state index >= 15 is 0 Å². The van der Waals surface area contributed by atoms with Crippen molar-refractivity contribution in [3.8, 4) is 0 Å². The van der Waals surface area contributed by atoms with Crippen LogP contribution in [0.3, 0.4) is 0 Å². The van der Waals surface area contributed by atoms with E-state index in [1.807, 2.05) is 0 Å². The fraction of sp³-hybridized carbons (Fsp3) is 0.889. The standard InChI is InChI=1S/C9H14O3/c1-11-8(10)9(6-12-9)5-7-3-2-4-7/h7H,2-6H2,1H3. The van der Waals surface area contributed by atoms with E-state index in [9.17, 15) is 4.79 Å². The van der Waals surface area contributed by atoms with E-state index in [0.717, 1.165) is 6.42 Å². The van der Waals surface area contributed by atoms with Crippen LogP contribution in [0.15, 0.2) is 0 Å². The highest BCUT2D eigenvalue weighted by Gasteiger charge is 2.54. The Morgan fingerprint density at radius 1 is 1.67 bits per heavy atom. The third-order valence-electron chi connectivity index (χ3n) is 2.89. The molecule has 0 radical (unpaired) electrons. The second-order valence-corrected chi connectivity index (χ2v) is 3.78. The quantitative estimate of drug-likeness (QED) is 0.470. The van der Waals surface area contributed by atoms with E-state index in [-0.39, 0.29) is 5.97 Å². The molecule has 1 atom stereocenters. The van der Waals surface area contributed by atoms with Crippen molar-refractivity contribution in [2.45, 2.75) is 31.3 Å². The number of hydrogen-bond donors (Lipinski definition) is 0. The van der Waals surface area contributed by atoms with Gasteiger partial charge in [-0.15, -0.1) is 0 Å². The van der Waals surface area contributed by atoms with E-state index < -0.39 is 5.60 Å². The van der Waals surface area contributed by atoms with E-state index in [1.165, 1.54) is 26.4 Å². The number of epoxide rings is 1. The van der Waals surface area contributed by atoms with Crippen molar-refractivity contribution in [2.24, 2.45) is 5.92 Å². The Morgan fingerprint density at radius 3 is 2.67 bits per heavy atom. The van der Waals surface area contributed by atoms with Crippen molar-refractivity contribution < 1.29 is 14.3 Å². The molecule has 2 aliphatic rings. The zero-order valence-electron chi connectivity index (χ0n) is 7.34. The fourth-order valence-electron chi connectivity index (χ4n) is 1.76. The minimum Gasteiger partial charge on any atom is -0.467 e. The first-order chi connectivity index (χ1) is 5.77. The van der Waals surface area contributed by atoms with Gasteiger partial charge < -0.3 is 9.47 Å². The Kier molecular flexibility index (Phi) is 1.83. The minimum atomic E-state index is -0.528. The number of carbonyl (C=O) groups is 1. The van der Waals surface area contributed by atoms with Crippen molar-refractivity contribution in [2.75, 3.05) is 13.7 Å². The number of ether oxygens (including phenoxy) is 2. The highest BCUT2D eigenvalue weighted by atomic mass is 16.6. The van der Waals surface area contributed by atoms with Crippen molar-refractivity contribution in [3.05, 3.63) is 0 Å². The number of hydrogen-bond acceptors (Lipinski definition) is 3. The molecule has 0 spiro atoms. The van der Waals surface area contributed by atoms with Crippen LogP contribution in [0.5, 0.6) is 0 Å². The second-order valence-electron chi connectivity index (χ2n) is 3.78. The molecule has 3 heteroatoms. The first kappa shape index (κ1) is 8.05. The minimum absolute atomic E-state index is 0.186. The maximum Gasteiger partial charge on any atom is 0.340 e. The van der Waals surface area contributed by atoms with Gasteiger partial charge in [0.15, 0.2) is 5.60 Å². The normalized spacial score (nSPS) is 34.1. The van der Waals surface area contributed by atoms with Gasteiger partial charge in [0, 0.05) is 0 Å². The van der Waals surface area contributed by atoms with Crippen molar-refractivity contribution in [1.29, 1.82) is 0 Å². The molecule has 1 aliphatic heterocycles. The summed E-state index contributed by atoms with van der Waals surface area (Å²) in [6.45, 7) is 0.566. The number of rotatable bonds is 3. The smallest absolute Gasteiger partial charge is 0.340 e. The van der Waals surface area contributed by atoms with Crippen LogP contribution in [0.2, 0.25) is 0 Å². The molecule has 1 aliphatic carbocycles. The van der Waals surface area contributed by atoms with Crippen LogP contribution in [0.1, 0.15) is 25.7 Å². The summed E-state index contributed by atoms with van der Waals surface area (Å²) >= 11 is 0. The Labute approximate surface area is 72.0 Å². The summed E-state index contributed by atoms with van der Waals surface area (Å²) in [4.78, 5) is 11.2. The predicted molar refractivity (Wildman–Crippen MR) is 42.7 cm³/mol. The molecule has 0 aromatic heterocycles. The third-order valence-corrected chi connectivity index (χ3v) is 2.89. The van der Waals surface area contributed by atoms with E-state index in [2.05, 4.69) is 4.74 Å². The molecular formula is C9H14O3. The summed E-state index contributed by atoms with van der Waals surface area (Å²) in [5.74, 6) is 0.515. The summed E-state index contributed by atoms with van der Waals surface area (Å²) in [6.07, 6.45) is 4.69. The highest BCUT2D eigenvalue weighted by Crippen LogP contribution is 2.41. The maximum atomic E-state index is 11.2. The van der Waals surface area contributed by atoms with Gasteiger partial charge in [0.2, 0.25) is 0 Å². The van der Waals surface area contributed by atoms with Crippen LogP contribution in [0.25, 0.3) is 0 Å². The zero-order valence-corrected chi connectivity index (χ0v) is 7.34. The molecule has 0 bridgehead atoms. The number of carbonyl (C=O) groups excluding carboxylic acids is 1. The van der Waals surface area contributed by atoms with Crippen molar-refractivity contribution >= 4 is 5.97 Å². The summed E-state index contributed by atoms with van der Waals surface area (Å²) in [5.41, 5.74) is -0.528. The molecule has 1 saturated carbocycles.